The van der Waals surface area contributed by atoms with Crippen LogP contribution in [0.15, 0.2) is 47.0 Å². The highest BCUT2D eigenvalue weighted by molar-refractivity contribution is 5.55. The number of aliphatic hydroxyl groups excluding tert-OH is 1. The van der Waals surface area contributed by atoms with Gasteiger partial charge in [-0.2, -0.15) is 4.98 Å². The molecule has 0 radical (unpaired) electrons. The molecule has 0 fully saturated rings. The standard InChI is InChI=1S/C19H19FN2O3/c1-3-17(23)13-4-7-15(8-5-13)24-11-18-21-19(22-25-18)14-6-9-16(20)12(2)10-14/h4-10,17,23H,3,11H2,1-2H3. The van der Waals surface area contributed by atoms with E-state index < -0.39 is 6.10 Å². The van der Waals surface area contributed by atoms with Crippen LogP contribution < -0.4 is 4.74 Å². The van der Waals surface area contributed by atoms with Crippen molar-refractivity contribution >= 4 is 0 Å². The van der Waals surface area contributed by atoms with Gasteiger partial charge >= 0.3 is 0 Å². The van der Waals surface area contributed by atoms with Gasteiger partial charge < -0.3 is 14.4 Å². The molecular formula is C19H19FN2O3. The van der Waals surface area contributed by atoms with E-state index in [1.54, 1.807) is 31.2 Å². The fraction of sp³-hybridized carbons (Fsp3) is 0.263. The van der Waals surface area contributed by atoms with Gasteiger partial charge in [0.2, 0.25) is 5.82 Å². The van der Waals surface area contributed by atoms with Gasteiger partial charge in [-0.3, -0.25) is 0 Å². The Balaban J connectivity index is 1.64. The average Bonchev–Trinajstić information content (AvgIpc) is 3.11. The monoisotopic (exact) mass is 342 g/mol. The summed E-state index contributed by atoms with van der Waals surface area (Å²) in [5.41, 5.74) is 2.06. The summed E-state index contributed by atoms with van der Waals surface area (Å²) in [6.07, 6.45) is 0.195. The third kappa shape index (κ3) is 4.03. The predicted octanol–water partition coefficient (Wildman–Crippen LogP) is 4.21. The molecule has 25 heavy (non-hydrogen) atoms. The molecule has 1 aromatic heterocycles. The molecule has 1 atom stereocenters. The van der Waals surface area contributed by atoms with E-state index in [-0.39, 0.29) is 12.4 Å². The van der Waals surface area contributed by atoms with Gasteiger partial charge in [0.05, 0.1) is 6.10 Å². The number of aromatic nitrogens is 2. The lowest BCUT2D eigenvalue weighted by atomic mass is 10.1. The van der Waals surface area contributed by atoms with Crippen molar-refractivity contribution in [2.24, 2.45) is 0 Å². The predicted molar refractivity (Wildman–Crippen MR) is 90.5 cm³/mol. The zero-order chi connectivity index (χ0) is 17.8. The fourth-order valence-corrected chi connectivity index (χ4v) is 2.38. The van der Waals surface area contributed by atoms with Gasteiger partial charge in [0, 0.05) is 5.56 Å². The molecule has 0 amide bonds. The summed E-state index contributed by atoms with van der Waals surface area (Å²) in [4.78, 5) is 4.26. The summed E-state index contributed by atoms with van der Waals surface area (Å²) < 4.78 is 24.1. The van der Waals surface area contributed by atoms with Crippen molar-refractivity contribution in [3.8, 4) is 17.1 Å². The molecule has 0 aliphatic carbocycles. The Kier molecular flexibility index (Phi) is 5.09. The zero-order valence-corrected chi connectivity index (χ0v) is 14.1. The molecule has 2 aromatic carbocycles. The van der Waals surface area contributed by atoms with Gasteiger partial charge in [0.25, 0.3) is 5.89 Å². The van der Waals surface area contributed by atoms with Gasteiger partial charge in [-0.05, 0) is 54.8 Å². The SMILES string of the molecule is CCC(O)c1ccc(OCc2nc(-c3ccc(F)c(C)c3)no2)cc1. The minimum absolute atomic E-state index is 0.128. The molecule has 0 saturated heterocycles. The lowest BCUT2D eigenvalue weighted by molar-refractivity contribution is 0.173. The number of hydrogen-bond donors (Lipinski definition) is 1. The number of nitrogens with zero attached hydrogens (tertiary/aromatic N) is 2. The first-order valence-corrected chi connectivity index (χ1v) is 8.06. The van der Waals surface area contributed by atoms with Crippen molar-refractivity contribution in [2.45, 2.75) is 33.0 Å². The van der Waals surface area contributed by atoms with Crippen molar-refractivity contribution in [3.05, 3.63) is 65.3 Å². The fourth-order valence-electron chi connectivity index (χ4n) is 2.38. The van der Waals surface area contributed by atoms with Crippen molar-refractivity contribution in [3.63, 3.8) is 0 Å². The van der Waals surface area contributed by atoms with Crippen LogP contribution in [0.4, 0.5) is 4.39 Å². The average molecular weight is 342 g/mol. The van der Waals surface area contributed by atoms with E-state index in [1.165, 1.54) is 6.07 Å². The Morgan fingerprint density at radius 1 is 1.20 bits per heavy atom. The van der Waals surface area contributed by atoms with E-state index in [0.717, 1.165) is 5.56 Å². The third-order valence-electron chi connectivity index (χ3n) is 3.90. The second-order valence-corrected chi connectivity index (χ2v) is 5.76. The molecule has 0 spiro atoms. The maximum absolute atomic E-state index is 13.3. The van der Waals surface area contributed by atoms with Gasteiger partial charge in [-0.15, -0.1) is 0 Å². The van der Waals surface area contributed by atoms with Crippen molar-refractivity contribution in [2.75, 3.05) is 0 Å². The highest BCUT2D eigenvalue weighted by Crippen LogP contribution is 2.22. The van der Waals surface area contributed by atoms with Crippen LogP contribution in [0.25, 0.3) is 11.4 Å². The Bertz CT molecular complexity index is 846. The van der Waals surface area contributed by atoms with E-state index >= 15 is 0 Å². The second kappa shape index (κ2) is 7.44. The van der Waals surface area contributed by atoms with Crippen molar-refractivity contribution in [1.29, 1.82) is 0 Å². The van der Waals surface area contributed by atoms with E-state index in [1.807, 2.05) is 19.1 Å². The summed E-state index contributed by atoms with van der Waals surface area (Å²) in [6, 6.07) is 11.9. The largest absolute Gasteiger partial charge is 0.484 e. The lowest BCUT2D eigenvalue weighted by Gasteiger charge is -2.09. The zero-order valence-electron chi connectivity index (χ0n) is 14.1. The number of benzene rings is 2. The normalized spacial score (nSPS) is 12.2. The van der Waals surface area contributed by atoms with Crippen LogP contribution in [0.5, 0.6) is 5.75 Å². The maximum atomic E-state index is 13.3. The number of halogens is 1. The smallest absolute Gasteiger partial charge is 0.264 e. The summed E-state index contributed by atoms with van der Waals surface area (Å²) in [6.45, 7) is 3.73. The van der Waals surface area contributed by atoms with Gasteiger partial charge in [-0.1, -0.05) is 24.2 Å². The van der Waals surface area contributed by atoms with E-state index in [0.29, 0.717) is 35.0 Å². The first-order chi connectivity index (χ1) is 12.1. The second-order valence-electron chi connectivity index (χ2n) is 5.76. The van der Waals surface area contributed by atoms with Crippen LogP contribution >= 0.6 is 0 Å². The molecule has 1 heterocycles. The molecule has 1 N–H and O–H groups in total. The van der Waals surface area contributed by atoms with Crippen LogP contribution in [0.3, 0.4) is 0 Å². The van der Waals surface area contributed by atoms with Crippen LogP contribution in [-0.2, 0) is 6.61 Å². The first-order valence-electron chi connectivity index (χ1n) is 8.06. The van der Waals surface area contributed by atoms with Gasteiger partial charge in [0.15, 0.2) is 6.61 Å². The molecule has 3 rings (SSSR count). The minimum atomic E-state index is -0.466. The summed E-state index contributed by atoms with van der Waals surface area (Å²) in [5.74, 6) is 1.09. The number of aryl methyl sites for hydroxylation is 1. The molecule has 0 aliphatic heterocycles. The summed E-state index contributed by atoms with van der Waals surface area (Å²) in [7, 11) is 0. The molecule has 0 bridgehead atoms. The number of rotatable bonds is 6. The van der Waals surface area contributed by atoms with Crippen LogP contribution in [0, 0.1) is 12.7 Å². The van der Waals surface area contributed by atoms with E-state index in [9.17, 15) is 9.50 Å². The molecule has 1 unspecified atom stereocenters. The molecule has 130 valence electrons. The van der Waals surface area contributed by atoms with Gasteiger partial charge in [0.1, 0.15) is 11.6 Å². The van der Waals surface area contributed by atoms with E-state index in [4.69, 9.17) is 9.26 Å². The maximum Gasteiger partial charge on any atom is 0.264 e. The highest BCUT2D eigenvalue weighted by atomic mass is 19.1. The van der Waals surface area contributed by atoms with Gasteiger partial charge in [-0.25, -0.2) is 4.39 Å². The molecule has 6 heteroatoms. The molecule has 0 aliphatic rings. The first kappa shape index (κ1) is 17.1. The quantitative estimate of drug-likeness (QED) is 0.727. The summed E-state index contributed by atoms with van der Waals surface area (Å²) in [5, 5.41) is 13.7. The Hall–Kier alpha value is -2.73. The van der Waals surface area contributed by atoms with Crippen molar-refractivity contribution < 1.29 is 18.8 Å². The highest BCUT2D eigenvalue weighted by Gasteiger charge is 2.11. The van der Waals surface area contributed by atoms with Crippen LogP contribution in [0.1, 0.15) is 36.5 Å². The lowest BCUT2D eigenvalue weighted by Crippen LogP contribution is -1.98. The topological polar surface area (TPSA) is 68.4 Å². The Morgan fingerprint density at radius 3 is 2.64 bits per heavy atom. The summed E-state index contributed by atoms with van der Waals surface area (Å²) >= 11 is 0. The Labute approximate surface area is 145 Å². The van der Waals surface area contributed by atoms with Crippen LogP contribution in [0.2, 0.25) is 0 Å². The van der Waals surface area contributed by atoms with E-state index in [2.05, 4.69) is 10.1 Å². The third-order valence-corrected chi connectivity index (χ3v) is 3.90. The number of aliphatic hydroxyl groups is 1. The number of hydrogen-bond acceptors (Lipinski definition) is 5. The number of ether oxygens (including phenoxy) is 1. The molecular weight excluding hydrogens is 323 g/mol. The van der Waals surface area contributed by atoms with Crippen LogP contribution in [-0.4, -0.2) is 15.2 Å². The molecule has 5 nitrogen and oxygen atoms in total. The minimum Gasteiger partial charge on any atom is -0.484 e. The molecule has 0 saturated carbocycles. The van der Waals surface area contributed by atoms with Crippen molar-refractivity contribution in [1.82, 2.24) is 10.1 Å². The Morgan fingerprint density at radius 2 is 1.96 bits per heavy atom. The molecule has 3 aromatic rings.